The third-order valence-corrected chi connectivity index (χ3v) is 9.48. The van der Waals surface area contributed by atoms with Crippen LogP contribution in [-0.2, 0) is 35.0 Å². The maximum atomic E-state index is 13.3. The molecule has 1 aliphatic heterocycles. The van der Waals surface area contributed by atoms with Gasteiger partial charge in [-0.2, -0.15) is 13.2 Å². The van der Waals surface area contributed by atoms with Crippen LogP contribution in [0.5, 0.6) is 0 Å². The fourth-order valence-corrected chi connectivity index (χ4v) is 6.72. The minimum absolute atomic E-state index is 0.227. The van der Waals surface area contributed by atoms with Crippen molar-refractivity contribution in [3.05, 3.63) is 64.0 Å². The highest BCUT2D eigenvalue weighted by atomic mass is 127. The zero-order valence-corrected chi connectivity index (χ0v) is 21.6. The number of fused-ring (bicyclic) bond motifs is 2. The number of halogens is 4. The summed E-state index contributed by atoms with van der Waals surface area (Å²) < 4.78 is 47.8. The molecule has 0 spiro atoms. The van der Waals surface area contributed by atoms with Gasteiger partial charge in [-0.1, -0.05) is 61.4 Å². The Bertz CT molecular complexity index is 1060. The minimum atomic E-state index is -4.35. The Morgan fingerprint density at radius 2 is 1.76 bits per heavy atom. The maximum Gasteiger partial charge on any atom is 0.416 e. The van der Waals surface area contributed by atoms with Crippen LogP contribution < -0.4 is 0 Å². The Balaban J connectivity index is 1.72. The molecule has 6 heteroatoms. The van der Waals surface area contributed by atoms with E-state index >= 15 is 0 Å². The lowest BCUT2D eigenvalue weighted by Gasteiger charge is -2.39. The molecule has 2 nitrogen and oxygen atoms in total. The van der Waals surface area contributed by atoms with E-state index in [-0.39, 0.29) is 11.3 Å². The van der Waals surface area contributed by atoms with E-state index in [9.17, 15) is 13.2 Å². The van der Waals surface area contributed by atoms with E-state index in [2.05, 4.69) is 49.4 Å². The van der Waals surface area contributed by atoms with E-state index in [4.69, 9.17) is 9.72 Å². The zero-order chi connectivity index (χ0) is 23.6. The monoisotopic (exact) mass is 569 g/mol. The van der Waals surface area contributed by atoms with Crippen molar-refractivity contribution in [1.82, 2.24) is 4.98 Å². The molecule has 0 N–H and O–H groups in total. The molecule has 1 saturated carbocycles. The van der Waals surface area contributed by atoms with E-state index in [0.29, 0.717) is 0 Å². The number of hydrogen-bond acceptors (Lipinski definition) is 2. The predicted molar refractivity (Wildman–Crippen MR) is 132 cm³/mol. The third kappa shape index (κ3) is 3.83. The molecule has 2 atom stereocenters. The summed E-state index contributed by atoms with van der Waals surface area (Å²) in [7, 11) is 0. The smallest absolute Gasteiger partial charge is 0.352 e. The van der Waals surface area contributed by atoms with Crippen molar-refractivity contribution >= 4 is 22.6 Å². The molecule has 0 amide bonds. The highest BCUT2D eigenvalue weighted by Gasteiger charge is 2.57. The number of hydrogen-bond donors (Lipinski definition) is 0. The van der Waals surface area contributed by atoms with Crippen molar-refractivity contribution in [3.63, 3.8) is 0 Å². The van der Waals surface area contributed by atoms with Gasteiger partial charge in [0.2, 0.25) is 0 Å². The largest absolute Gasteiger partial charge is 0.416 e. The maximum absolute atomic E-state index is 13.3. The van der Waals surface area contributed by atoms with E-state index in [0.717, 1.165) is 66.2 Å². The van der Waals surface area contributed by atoms with Gasteiger partial charge in [0.1, 0.15) is 11.2 Å². The molecular formula is C27H31F3INO. The molecule has 0 radical (unpaired) electrons. The molecule has 0 saturated heterocycles. The summed E-state index contributed by atoms with van der Waals surface area (Å²) in [6, 6.07) is 8.02. The lowest BCUT2D eigenvalue weighted by atomic mass is 9.72. The SMILES string of the molecule is CC1(C)CCc2cc3c(nc2C1)C(C)(CI)OC3(c1ccc(C(F)(F)F)cc1)C1CCCC1. The number of rotatable bonds is 3. The number of nitrogens with zero attached hydrogens (tertiary/aromatic N) is 1. The number of pyridine rings is 1. The van der Waals surface area contributed by atoms with Gasteiger partial charge in [0.15, 0.2) is 0 Å². The first-order chi connectivity index (χ1) is 15.5. The zero-order valence-electron chi connectivity index (χ0n) is 19.5. The van der Waals surface area contributed by atoms with E-state index in [1.54, 1.807) is 12.1 Å². The first-order valence-corrected chi connectivity index (χ1v) is 13.5. The molecule has 5 rings (SSSR count). The highest BCUT2D eigenvalue weighted by molar-refractivity contribution is 14.1. The summed E-state index contributed by atoms with van der Waals surface area (Å²) in [4.78, 5) is 5.25. The van der Waals surface area contributed by atoms with E-state index < -0.39 is 22.9 Å². The third-order valence-electron chi connectivity index (χ3n) is 8.02. The van der Waals surface area contributed by atoms with Crippen LogP contribution in [0.2, 0.25) is 0 Å². The van der Waals surface area contributed by atoms with Gasteiger partial charge in [-0.15, -0.1) is 0 Å². The lowest BCUT2D eigenvalue weighted by molar-refractivity contribution is -0.138. The second-order valence-electron chi connectivity index (χ2n) is 11.1. The molecule has 1 aromatic carbocycles. The van der Waals surface area contributed by atoms with Crippen molar-refractivity contribution in [1.29, 1.82) is 0 Å². The molecule has 2 aliphatic carbocycles. The van der Waals surface area contributed by atoms with Gasteiger partial charge < -0.3 is 4.74 Å². The van der Waals surface area contributed by atoms with Crippen molar-refractivity contribution in [2.45, 2.75) is 83.1 Å². The lowest BCUT2D eigenvalue weighted by Crippen LogP contribution is -2.38. The summed E-state index contributed by atoms with van der Waals surface area (Å²) in [5.74, 6) is 0.234. The van der Waals surface area contributed by atoms with Crippen LogP contribution in [0.4, 0.5) is 13.2 Å². The van der Waals surface area contributed by atoms with Gasteiger partial charge in [-0.25, -0.2) is 0 Å². The topological polar surface area (TPSA) is 22.1 Å². The molecule has 1 fully saturated rings. The summed E-state index contributed by atoms with van der Waals surface area (Å²) in [6.07, 6.45) is 2.97. The minimum Gasteiger partial charge on any atom is -0.352 e. The van der Waals surface area contributed by atoms with Gasteiger partial charge in [-0.3, -0.25) is 4.98 Å². The van der Waals surface area contributed by atoms with Gasteiger partial charge >= 0.3 is 6.18 Å². The van der Waals surface area contributed by atoms with Crippen molar-refractivity contribution in [2.75, 3.05) is 4.43 Å². The van der Waals surface area contributed by atoms with Crippen molar-refractivity contribution < 1.29 is 17.9 Å². The molecule has 2 heterocycles. The summed E-state index contributed by atoms with van der Waals surface area (Å²) in [5, 5.41) is 0. The second-order valence-corrected chi connectivity index (χ2v) is 11.9. The van der Waals surface area contributed by atoms with Gasteiger partial charge in [0.05, 0.1) is 11.3 Å². The standard InChI is InChI=1S/C27H31F3INO/c1-24(2)13-12-17-14-21-23(32-22(17)15-24)25(3,16-31)33-26(21,18-6-4-5-7-18)19-8-10-20(11-9-19)27(28,29)30/h8-11,14,18H,4-7,12-13,15-16H2,1-3H3. The van der Waals surface area contributed by atoms with Gasteiger partial charge in [0, 0.05) is 15.7 Å². The highest BCUT2D eigenvalue weighted by Crippen LogP contribution is 2.58. The van der Waals surface area contributed by atoms with Crippen LogP contribution in [-0.4, -0.2) is 9.41 Å². The average Bonchev–Trinajstić information content (AvgIpc) is 3.38. The van der Waals surface area contributed by atoms with Crippen LogP contribution in [0.1, 0.15) is 86.5 Å². The van der Waals surface area contributed by atoms with Crippen LogP contribution in [0.3, 0.4) is 0 Å². The summed E-state index contributed by atoms with van der Waals surface area (Å²) in [6.45, 7) is 6.69. The number of aromatic nitrogens is 1. The molecule has 33 heavy (non-hydrogen) atoms. The Hall–Kier alpha value is -1.15. The normalized spacial score (nSPS) is 29.2. The first kappa shape index (κ1) is 23.6. The van der Waals surface area contributed by atoms with E-state index in [1.807, 2.05) is 0 Å². The van der Waals surface area contributed by atoms with E-state index in [1.165, 1.54) is 23.4 Å². The van der Waals surface area contributed by atoms with Crippen LogP contribution in [0.25, 0.3) is 0 Å². The molecule has 2 unspecified atom stereocenters. The number of aryl methyl sites for hydroxylation is 1. The molecule has 1 aromatic heterocycles. The molecule has 2 aromatic rings. The van der Waals surface area contributed by atoms with Crippen molar-refractivity contribution in [2.24, 2.45) is 11.3 Å². The average molecular weight is 569 g/mol. The summed E-state index contributed by atoms with van der Waals surface area (Å²) in [5.41, 5.74) is 3.64. The number of alkyl halides is 4. The molecule has 0 bridgehead atoms. The van der Waals surface area contributed by atoms with Crippen molar-refractivity contribution in [3.8, 4) is 0 Å². The molecular weight excluding hydrogens is 538 g/mol. The van der Waals surface area contributed by atoms with Gasteiger partial charge in [0.25, 0.3) is 0 Å². The van der Waals surface area contributed by atoms with Crippen LogP contribution in [0, 0.1) is 11.3 Å². The van der Waals surface area contributed by atoms with Crippen LogP contribution >= 0.6 is 22.6 Å². The Labute approximate surface area is 207 Å². The Morgan fingerprint density at radius 1 is 1.09 bits per heavy atom. The number of benzene rings is 1. The Kier molecular flexibility index (Phi) is 5.67. The van der Waals surface area contributed by atoms with Gasteiger partial charge in [-0.05, 0) is 79.7 Å². The quantitative estimate of drug-likeness (QED) is 0.279. The number of ether oxygens (including phenoxy) is 1. The fourth-order valence-electron chi connectivity index (χ4n) is 6.21. The predicted octanol–water partition coefficient (Wildman–Crippen LogP) is 7.73. The van der Waals surface area contributed by atoms with Crippen LogP contribution in [0.15, 0.2) is 30.3 Å². The Morgan fingerprint density at radius 3 is 2.36 bits per heavy atom. The fraction of sp³-hybridized carbons (Fsp3) is 0.593. The second kappa shape index (κ2) is 7.94. The molecule has 3 aliphatic rings. The summed E-state index contributed by atoms with van der Waals surface area (Å²) >= 11 is 2.37. The first-order valence-electron chi connectivity index (χ1n) is 12.0. The molecule has 178 valence electrons.